The summed E-state index contributed by atoms with van der Waals surface area (Å²) in [5.41, 5.74) is -1.27. The monoisotopic (exact) mass is 236 g/mol. The third-order valence-electron chi connectivity index (χ3n) is 2.61. The zero-order valence-corrected chi connectivity index (χ0v) is 9.43. The second-order valence-corrected chi connectivity index (χ2v) is 3.71. The van der Waals surface area contributed by atoms with Crippen LogP contribution in [0.15, 0.2) is 0 Å². The van der Waals surface area contributed by atoms with Crippen LogP contribution in [0.3, 0.4) is 0 Å². The van der Waals surface area contributed by atoms with Crippen LogP contribution in [-0.2, 0) is 9.53 Å². The van der Waals surface area contributed by atoms with Gasteiger partial charge in [0.05, 0.1) is 32.5 Å². The summed E-state index contributed by atoms with van der Waals surface area (Å²) >= 11 is 0. The van der Waals surface area contributed by atoms with Crippen LogP contribution >= 0.6 is 0 Å². The van der Waals surface area contributed by atoms with Crippen LogP contribution in [-0.4, -0.2) is 58.9 Å². The van der Waals surface area contributed by atoms with Crippen molar-refractivity contribution < 1.29 is 30.0 Å². The van der Waals surface area contributed by atoms with Crippen LogP contribution in [0.2, 0.25) is 0 Å². The summed E-state index contributed by atoms with van der Waals surface area (Å²) in [6.07, 6.45) is -0.535. The predicted molar refractivity (Wildman–Crippen MR) is 55.6 cm³/mol. The highest BCUT2D eigenvalue weighted by Crippen LogP contribution is 2.22. The summed E-state index contributed by atoms with van der Waals surface area (Å²) in [6, 6.07) is 0. The molecule has 0 bridgehead atoms. The van der Waals surface area contributed by atoms with Crippen LogP contribution in [0.5, 0.6) is 0 Å². The lowest BCUT2D eigenvalue weighted by molar-refractivity contribution is -0.162. The molecule has 4 N–H and O–H groups in total. The van der Waals surface area contributed by atoms with E-state index in [1.54, 1.807) is 6.92 Å². The van der Waals surface area contributed by atoms with Gasteiger partial charge in [0.1, 0.15) is 5.41 Å². The van der Waals surface area contributed by atoms with E-state index in [1.165, 1.54) is 0 Å². The SMILES string of the molecule is CCC(CO)(CO)C(=O)OCCC(O)CO. The molecule has 16 heavy (non-hydrogen) atoms. The Kier molecular flexibility index (Phi) is 7.24. The molecule has 6 heteroatoms. The van der Waals surface area contributed by atoms with E-state index in [0.29, 0.717) is 0 Å². The molecule has 0 aromatic rings. The largest absolute Gasteiger partial charge is 0.465 e. The Balaban J connectivity index is 4.12. The Labute approximate surface area is 94.5 Å². The van der Waals surface area contributed by atoms with Crippen molar-refractivity contribution in [2.75, 3.05) is 26.4 Å². The molecule has 0 saturated heterocycles. The number of aliphatic hydroxyl groups excluding tert-OH is 4. The van der Waals surface area contributed by atoms with Crippen molar-refractivity contribution in [3.8, 4) is 0 Å². The van der Waals surface area contributed by atoms with Gasteiger partial charge in [0.25, 0.3) is 0 Å². The fourth-order valence-corrected chi connectivity index (χ4v) is 1.08. The third kappa shape index (κ3) is 4.05. The van der Waals surface area contributed by atoms with E-state index in [0.717, 1.165) is 0 Å². The molecule has 1 atom stereocenters. The topological polar surface area (TPSA) is 107 Å². The average molecular weight is 236 g/mol. The molecule has 0 aromatic carbocycles. The van der Waals surface area contributed by atoms with Gasteiger partial charge in [-0.1, -0.05) is 6.92 Å². The highest BCUT2D eigenvalue weighted by molar-refractivity contribution is 5.77. The Morgan fingerprint density at radius 1 is 1.31 bits per heavy atom. The Bertz CT molecular complexity index is 193. The highest BCUT2D eigenvalue weighted by atomic mass is 16.5. The van der Waals surface area contributed by atoms with Gasteiger partial charge in [-0.2, -0.15) is 0 Å². The van der Waals surface area contributed by atoms with E-state index in [4.69, 9.17) is 25.2 Å². The van der Waals surface area contributed by atoms with Crippen molar-refractivity contribution in [2.24, 2.45) is 5.41 Å². The highest BCUT2D eigenvalue weighted by Gasteiger charge is 2.37. The van der Waals surface area contributed by atoms with E-state index < -0.39 is 37.3 Å². The van der Waals surface area contributed by atoms with E-state index in [1.807, 2.05) is 0 Å². The second kappa shape index (κ2) is 7.56. The van der Waals surface area contributed by atoms with Gasteiger partial charge in [-0.05, 0) is 6.42 Å². The number of aliphatic hydroxyl groups is 4. The zero-order chi connectivity index (χ0) is 12.6. The van der Waals surface area contributed by atoms with Crippen LogP contribution in [0.4, 0.5) is 0 Å². The minimum absolute atomic E-state index is 0.0533. The molecular formula is C10H20O6. The molecule has 0 heterocycles. The van der Waals surface area contributed by atoms with Crippen LogP contribution in [0.1, 0.15) is 19.8 Å². The molecular weight excluding hydrogens is 216 g/mol. The third-order valence-corrected chi connectivity index (χ3v) is 2.61. The zero-order valence-electron chi connectivity index (χ0n) is 9.43. The summed E-state index contributed by atoms with van der Waals surface area (Å²) in [6.45, 7) is 0.248. The van der Waals surface area contributed by atoms with Gasteiger partial charge < -0.3 is 25.2 Å². The fourth-order valence-electron chi connectivity index (χ4n) is 1.08. The summed E-state index contributed by atoms with van der Waals surface area (Å²) in [4.78, 5) is 11.5. The van der Waals surface area contributed by atoms with Crippen LogP contribution in [0, 0.1) is 5.41 Å². The quantitative estimate of drug-likeness (QED) is 0.388. The molecule has 0 aliphatic heterocycles. The molecule has 0 amide bonds. The molecule has 0 saturated carbocycles. The number of hydrogen-bond acceptors (Lipinski definition) is 6. The first-order valence-corrected chi connectivity index (χ1v) is 5.24. The Hall–Kier alpha value is -0.690. The molecule has 0 aromatic heterocycles. The molecule has 0 spiro atoms. The van der Waals surface area contributed by atoms with Crippen molar-refractivity contribution in [3.05, 3.63) is 0 Å². The van der Waals surface area contributed by atoms with E-state index in [9.17, 15) is 4.79 Å². The number of carbonyl (C=O) groups is 1. The van der Waals surface area contributed by atoms with Crippen molar-refractivity contribution in [3.63, 3.8) is 0 Å². The van der Waals surface area contributed by atoms with Gasteiger partial charge in [-0.3, -0.25) is 4.79 Å². The molecule has 1 unspecified atom stereocenters. The maximum atomic E-state index is 11.5. The molecule has 0 rings (SSSR count). The standard InChI is InChI=1S/C10H20O6/c1-2-10(6-12,7-13)9(15)16-4-3-8(14)5-11/h8,11-14H,2-7H2,1H3. The summed E-state index contributed by atoms with van der Waals surface area (Å²) in [5.74, 6) is -0.690. The van der Waals surface area contributed by atoms with Gasteiger partial charge in [0, 0.05) is 6.42 Å². The summed E-state index contributed by atoms with van der Waals surface area (Å²) in [5, 5.41) is 35.6. The summed E-state index contributed by atoms with van der Waals surface area (Å²) < 4.78 is 4.82. The Morgan fingerprint density at radius 3 is 2.25 bits per heavy atom. The Morgan fingerprint density at radius 2 is 1.88 bits per heavy atom. The average Bonchev–Trinajstić information content (AvgIpc) is 2.31. The normalized spacial score (nSPS) is 13.6. The lowest BCUT2D eigenvalue weighted by atomic mass is 9.87. The molecule has 0 aliphatic rings. The van der Waals surface area contributed by atoms with Gasteiger partial charge in [-0.25, -0.2) is 0 Å². The van der Waals surface area contributed by atoms with Gasteiger partial charge >= 0.3 is 5.97 Å². The smallest absolute Gasteiger partial charge is 0.316 e. The number of esters is 1. The van der Waals surface area contributed by atoms with Crippen molar-refractivity contribution in [1.82, 2.24) is 0 Å². The first-order chi connectivity index (χ1) is 7.56. The maximum Gasteiger partial charge on any atom is 0.316 e. The van der Waals surface area contributed by atoms with E-state index >= 15 is 0 Å². The molecule has 6 nitrogen and oxygen atoms in total. The number of ether oxygens (including phenoxy) is 1. The van der Waals surface area contributed by atoms with E-state index in [2.05, 4.69) is 0 Å². The number of hydrogen-bond donors (Lipinski definition) is 4. The number of carbonyl (C=O) groups excluding carboxylic acids is 1. The molecule has 0 aliphatic carbocycles. The van der Waals surface area contributed by atoms with Crippen LogP contribution in [0.25, 0.3) is 0 Å². The molecule has 0 fully saturated rings. The number of rotatable bonds is 8. The van der Waals surface area contributed by atoms with Crippen molar-refractivity contribution in [2.45, 2.75) is 25.9 Å². The minimum Gasteiger partial charge on any atom is -0.465 e. The molecule has 0 radical (unpaired) electrons. The summed E-state index contributed by atoms with van der Waals surface area (Å²) in [7, 11) is 0. The van der Waals surface area contributed by atoms with Gasteiger partial charge in [0.15, 0.2) is 0 Å². The molecule has 96 valence electrons. The minimum atomic E-state index is -1.27. The van der Waals surface area contributed by atoms with Crippen LogP contribution < -0.4 is 0 Å². The first-order valence-electron chi connectivity index (χ1n) is 5.24. The van der Waals surface area contributed by atoms with E-state index in [-0.39, 0.29) is 19.4 Å². The van der Waals surface area contributed by atoms with Crippen molar-refractivity contribution in [1.29, 1.82) is 0 Å². The van der Waals surface area contributed by atoms with Gasteiger partial charge in [-0.15, -0.1) is 0 Å². The van der Waals surface area contributed by atoms with Gasteiger partial charge in [0.2, 0.25) is 0 Å². The second-order valence-electron chi connectivity index (χ2n) is 3.71. The lowest BCUT2D eigenvalue weighted by Gasteiger charge is -2.25. The first kappa shape index (κ1) is 15.3. The lowest BCUT2D eigenvalue weighted by Crippen LogP contribution is -2.39. The van der Waals surface area contributed by atoms with Crippen molar-refractivity contribution >= 4 is 5.97 Å². The fraction of sp³-hybridized carbons (Fsp3) is 0.900. The maximum absolute atomic E-state index is 11.5. The predicted octanol–water partition coefficient (Wildman–Crippen LogP) is -1.35.